The van der Waals surface area contributed by atoms with Crippen molar-refractivity contribution in [2.24, 2.45) is 11.8 Å². The lowest BCUT2D eigenvalue weighted by molar-refractivity contribution is 0.469. The third kappa shape index (κ3) is 4.23. The number of nitrogens with zero attached hydrogens (tertiary/aromatic N) is 2. The number of aromatic amines is 1. The van der Waals surface area contributed by atoms with E-state index in [1.165, 1.54) is 30.3 Å². The molecule has 0 radical (unpaired) electrons. The van der Waals surface area contributed by atoms with Gasteiger partial charge in [-0.1, -0.05) is 40.5 Å². The third-order valence-electron chi connectivity index (χ3n) is 4.40. The lowest BCUT2D eigenvalue weighted by atomic mass is 10.0. The van der Waals surface area contributed by atoms with E-state index in [9.17, 15) is 0 Å². The standard InChI is InChI=1S/C18H29N3/c1-5-15(6-2)13-21(10-9-14(3)4)17-7-8-18-16(11-17)12-19-20-18/h7-8,11-12,14-15H,5-6,9-10,13H2,1-4H3,(H,19,20). The fourth-order valence-electron chi connectivity index (χ4n) is 2.73. The van der Waals surface area contributed by atoms with Crippen molar-refractivity contribution < 1.29 is 0 Å². The number of fused-ring (bicyclic) bond motifs is 1. The van der Waals surface area contributed by atoms with E-state index in [0.29, 0.717) is 0 Å². The number of hydrogen-bond donors (Lipinski definition) is 1. The van der Waals surface area contributed by atoms with Gasteiger partial charge in [0, 0.05) is 24.2 Å². The van der Waals surface area contributed by atoms with Gasteiger partial charge >= 0.3 is 0 Å². The van der Waals surface area contributed by atoms with Crippen LogP contribution < -0.4 is 4.90 Å². The molecule has 0 spiro atoms. The van der Waals surface area contributed by atoms with Gasteiger partial charge in [-0.2, -0.15) is 5.10 Å². The van der Waals surface area contributed by atoms with Crippen molar-refractivity contribution in [1.29, 1.82) is 0 Å². The maximum absolute atomic E-state index is 4.13. The van der Waals surface area contributed by atoms with Crippen molar-refractivity contribution in [1.82, 2.24) is 10.2 Å². The number of benzene rings is 1. The van der Waals surface area contributed by atoms with Crippen LogP contribution in [0.15, 0.2) is 24.4 Å². The van der Waals surface area contributed by atoms with Crippen molar-refractivity contribution >= 4 is 16.6 Å². The molecule has 1 aromatic heterocycles. The minimum Gasteiger partial charge on any atom is -0.371 e. The second-order valence-corrected chi connectivity index (χ2v) is 6.45. The van der Waals surface area contributed by atoms with Crippen LogP contribution in [0.4, 0.5) is 5.69 Å². The van der Waals surface area contributed by atoms with E-state index in [-0.39, 0.29) is 0 Å². The Labute approximate surface area is 128 Å². The van der Waals surface area contributed by atoms with Crippen molar-refractivity contribution in [3.8, 4) is 0 Å². The van der Waals surface area contributed by atoms with Crippen LogP contribution in [0.1, 0.15) is 47.0 Å². The van der Waals surface area contributed by atoms with Crippen LogP contribution in [0.3, 0.4) is 0 Å². The molecule has 1 aromatic carbocycles. The van der Waals surface area contributed by atoms with Gasteiger partial charge in [0.1, 0.15) is 0 Å². The molecular weight excluding hydrogens is 258 g/mol. The van der Waals surface area contributed by atoms with E-state index < -0.39 is 0 Å². The van der Waals surface area contributed by atoms with Gasteiger partial charge < -0.3 is 4.90 Å². The molecule has 0 unspecified atom stereocenters. The molecule has 21 heavy (non-hydrogen) atoms. The predicted molar refractivity (Wildman–Crippen MR) is 91.8 cm³/mol. The summed E-state index contributed by atoms with van der Waals surface area (Å²) in [5.74, 6) is 1.52. The predicted octanol–water partition coefficient (Wildman–Crippen LogP) is 4.85. The van der Waals surface area contributed by atoms with Crippen LogP contribution in [0.2, 0.25) is 0 Å². The Kier molecular flexibility index (Phi) is 5.66. The number of H-pyrrole nitrogens is 1. The van der Waals surface area contributed by atoms with Gasteiger partial charge in [-0.3, -0.25) is 5.10 Å². The highest BCUT2D eigenvalue weighted by Crippen LogP contribution is 2.23. The topological polar surface area (TPSA) is 31.9 Å². The molecule has 3 nitrogen and oxygen atoms in total. The average Bonchev–Trinajstić information content (AvgIpc) is 2.95. The lowest BCUT2D eigenvalue weighted by Crippen LogP contribution is -2.30. The Bertz CT molecular complexity index is 540. The summed E-state index contributed by atoms with van der Waals surface area (Å²) >= 11 is 0. The third-order valence-corrected chi connectivity index (χ3v) is 4.40. The van der Waals surface area contributed by atoms with Gasteiger partial charge in [-0.25, -0.2) is 0 Å². The van der Waals surface area contributed by atoms with Crippen molar-refractivity contribution in [2.45, 2.75) is 47.0 Å². The lowest BCUT2D eigenvalue weighted by Gasteiger charge is -2.29. The Balaban J connectivity index is 2.19. The van der Waals surface area contributed by atoms with Crippen LogP contribution in [0.25, 0.3) is 10.9 Å². The monoisotopic (exact) mass is 287 g/mol. The normalized spacial score (nSPS) is 11.7. The number of rotatable bonds is 8. The average molecular weight is 287 g/mol. The smallest absolute Gasteiger partial charge is 0.0651 e. The molecule has 0 aliphatic heterocycles. The molecule has 1 N–H and O–H groups in total. The van der Waals surface area contributed by atoms with Gasteiger partial charge in [0.05, 0.1) is 11.7 Å². The Morgan fingerprint density at radius 2 is 1.95 bits per heavy atom. The van der Waals surface area contributed by atoms with Crippen LogP contribution >= 0.6 is 0 Å². The van der Waals surface area contributed by atoms with Crippen molar-refractivity contribution in [2.75, 3.05) is 18.0 Å². The minimum absolute atomic E-state index is 0.742. The summed E-state index contributed by atoms with van der Waals surface area (Å²) < 4.78 is 0. The van der Waals surface area contributed by atoms with Crippen LogP contribution in [0.5, 0.6) is 0 Å². The molecule has 1 heterocycles. The van der Waals surface area contributed by atoms with Gasteiger partial charge in [-0.05, 0) is 36.5 Å². The molecule has 0 fully saturated rings. The highest BCUT2D eigenvalue weighted by molar-refractivity contribution is 5.82. The number of aromatic nitrogens is 2. The number of anilines is 1. The highest BCUT2D eigenvalue weighted by atomic mass is 15.1. The maximum atomic E-state index is 4.13. The molecule has 0 aliphatic rings. The van der Waals surface area contributed by atoms with E-state index in [4.69, 9.17) is 0 Å². The second kappa shape index (κ2) is 7.48. The second-order valence-electron chi connectivity index (χ2n) is 6.45. The summed E-state index contributed by atoms with van der Waals surface area (Å²) in [6.45, 7) is 11.5. The summed E-state index contributed by atoms with van der Waals surface area (Å²) in [7, 11) is 0. The van der Waals surface area contributed by atoms with Crippen LogP contribution in [0, 0.1) is 11.8 Å². The summed E-state index contributed by atoms with van der Waals surface area (Å²) in [4.78, 5) is 2.56. The molecule has 0 aliphatic carbocycles. The van der Waals surface area contributed by atoms with E-state index in [2.05, 4.69) is 61.0 Å². The molecule has 0 saturated carbocycles. The highest BCUT2D eigenvalue weighted by Gasteiger charge is 2.13. The summed E-state index contributed by atoms with van der Waals surface area (Å²) in [5, 5.41) is 8.36. The van der Waals surface area contributed by atoms with Crippen molar-refractivity contribution in [3.63, 3.8) is 0 Å². The van der Waals surface area contributed by atoms with Crippen molar-refractivity contribution in [3.05, 3.63) is 24.4 Å². The van der Waals surface area contributed by atoms with Gasteiger partial charge in [0.2, 0.25) is 0 Å². The SMILES string of the molecule is CCC(CC)CN(CCC(C)C)c1ccc2[nH]ncc2c1. The maximum Gasteiger partial charge on any atom is 0.0651 e. The Morgan fingerprint density at radius 1 is 1.19 bits per heavy atom. The molecule has 0 amide bonds. The summed E-state index contributed by atoms with van der Waals surface area (Å²) in [6.07, 6.45) is 5.66. The first-order valence-corrected chi connectivity index (χ1v) is 8.32. The first-order chi connectivity index (χ1) is 10.1. The molecule has 2 rings (SSSR count). The zero-order chi connectivity index (χ0) is 15.2. The summed E-state index contributed by atoms with van der Waals surface area (Å²) in [6, 6.07) is 6.64. The van der Waals surface area contributed by atoms with E-state index in [1.807, 2.05) is 6.20 Å². The molecular formula is C18H29N3. The zero-order valence-electron chi connectivity index (χ0n) is 13.9. The van der Waals surface area contributed by atoms with Gasteiger partial charge in [0.25, 0.3) is 0 Å². The largest absolute Gasteiger partial charge is 0.371 e. The van der Waals surface area contributed by atoms with Gasteiger partial charge in [0.15, 0.2) is 0 Å². The van der Waals surface area contributed by atoms with E-state index >= 15 is 0 Å². The Hall–Kier alpha value is -1.51. The zero-order valence-corrected chi connectivity index (χ0v) is 13.9. The summed E-state index contributed by atoms with van der Waals surface area (Å²) in [5.41, 5.74) is 2.45. The van der Waals surface area contributed by atoms with Crippen LogP contribution in [-0.4, -0.2) is 23.3 Å². The first kappa shape index (κ1) is 15.9. The van der Waals surface area contributed by atoms with Gasteiger partial charge in [-0.15, -0.1) is 0 Å². The number of nitrogens with one attached hydrogen (secondary N) is 1. The fourth-order valence-corrected chi connectivity index (χ4v) is 2.73. The molecule has 3 heteroatoms. The Morgan fingerprint density at radius 3 is 2.62 bits per heavy atom. The molecule has 0 bridgehead atoms. The molecule has 0 saturated heterocycles. The molecule has 116 valence electrons. The molecule has 0 atom stereocenters. The van der Waals surface area contributed by atoms with Crippen LogP contribution in [-0.2, 0) is 0 Å². The molecule has 2 aromatic rings. The van der Waals surface area contributed by atoms with E-state index in [0.717, 1.165) is 30.4 Å². The first-order valence-electron chi connectivity index (χ1n) is 8.32. The fraction of sp³-hybridized carbons (Fsp3) is 0.611. The minimum atomic E-state index is 0.742. The number of hydrogen-bond acceptors (Lipinski definition) is 2. The quantitative estimate of drug-likeness (QED) is 0.752. The van der Waals surface area contributed by atoms with E-state index in [1.54, 1.807) is 0 Å².